The minimum absolute atomic E-state index is 0.100. The van der Waals surface area contributed by atoms with Gasteiger partial charge in [-0.15, -0.1) is 0 Å². The van der Waals surface area contributed by atoms with Crippen molar-refractivity contribution in [2.45, 2.75) is 6.18 Å². The van der Waals surface area contributed by atoms with E-state index in [1.165, 1.54) is 6.07 Å². The minimum atomic E-state index is -4.49. The Morgan fingerprint density at radius 3 is 2.48 bits per heavy atom. The van der Waals surface area contributed by atoms with Gasteiger partial charge in [-0.2, -0.15) is 18.4 Å². The van der Waals surface area contributed by atoms with Crippen molar-refractivity contribution in [1.82, 2.24) is 0 Å². The van der Waals surface area contributed by atoms with Gasteiger partial charge < -0.3 is 5.32 Å². The van der Waals surface area contributed by atoms with E-state index in [0.717, 1.165) is 12.1 Å². The van der Waals surface area contributed by atoms with Gasteiger partial charge in [0, 0.05) is 0 Å². The van der Waals surface area contributed by atoms with Gasteiger partial charge in [0.05, 0.1) is 32.0 Å². The first-order valence-corrected chi connectivity index (χ1v) is 6.82. The molecule has 0 saturated carbocycles. The normalized spacial score (nSPS) is 11.0. The van der Waals surface area contributed by atoms with Gasteiger partial charge >= 0.3 is 6.18 Å². The molecular weight excluding hydrogens is 369 g/mol. The van der Waals surface area contributed by atoms with Gasteiger partial charge in [0.1, 0.15) is 6.07 Å². The molecule has 0 spiro atoms. The molecule has 2 nitrogen and oxygen atoms in total. The summed E-state index contributed by atoms with van der Waals surface area (Å²) >= 11 is 9.21. The van der Waals surface area contributed by atoms with E-state index in [4.69, 9.17) is 16.9 Å². The number of anilines is 2. The first-order chi connectivity index (χ1) is 9.82. The highest BCUT2D eigenvalue weighted by Gasteiger charge is 2.31. The van der Waals surface area contributed by atoms with Crippen LogP contribution in [0.4, 0.5) is 24.5 Å². The summed E-state index contributed by atoms with van der Waals surface area (Å²) < 4.78 is 38.4. The predicted molar refractivity (Wildman–Crippen MR) is 78.6 cm³/mol. The molecule has 2 rings (SSSR count). The Morgan fingerprint density at radius 2 is 1.86 bits per heavy atom. The Kier molecular flexibility index (Phi) is 4.45. The summed E-state index contributed by atoms with van der Waals surface area (Å²) in [6.07, 6.45) is -4.49. The fourth-order valence-electron chi connectivity index (χ4n) is 1.67. The van der Waals surface area contributed by atoms with Gasteiger partial charge in [-0.05, 0) is 46.3 Å². The molecule has 0 amide bonds. The van der Waals surface area contributed by atoms with Gasteiger partial charge in [-0.3, -0.25) is 0 Å². The van der Waals surface area contributed by atoms with E-state index < -0.39 is 11.7 Å². The first-order valence-electron chi connectivity index (χ1n) is 5.65. The lowest BCUT2D eigenvalue weighted by atomic mass is 10.1. The van der Waals surface area contributed by atoms with Crippen molar-refractivity contribution in [2.75, 3.05) is 5.32 Å². The van der Waals surface area contributed by atoms with Gasteiger partial charge in [-0.25, -0.2) is 0 Å². The number of nitrogens with one attached hydrogen (secondary N) is 1. The Hall–Kier alpha value is -1.71. The van der Waals surface area contributed by atoms with Crippen LogP contribution in [0.25, 0.3) is 0 Å². The molecule has 21 heavy (non-hydrogen) atoms. The van der Waals surface area contributed by atoms with Crippen LogP contribution in [-0.2, 0) is 6.18 Å². The van der Waals surface area contributed by atoms with Crippen LogP contribution in [-0.4, -0.2) is 0 Å². The summed E-state index contributed by atoms with van der Waals surface area (Å²) in [4.78, 5) is 0. The summed E-state index contributed by atoms with van der Waals surface area (Å²) in [7, 11) is 0. The van der Waals surface area contributed by atoms with Crippen molar-refractivity contribution in [3.63, 3.8) is 0 Å². The maximum absolute atomic E-state index is 12.6. The molecule has 7 heteroatoms. The average Bonchev–Trinajstić information content (AvgIpc) is 2.43. The molecule has 2 aromatic carbocycles. The van der Waals surface area contributed by atoms with Gasteiger partial charge in [0.25, 0.3) is 0 Å². The second-order valence-corrected chi connectivity index (χ2v) is 5.30. The van der Waals surface area contributed by atoms with E-state index in [9.17, 15) is 13.2 Å². The van der Waals surface area contributed by atoms with E-state index in [0.29, 0.717) is 15.2 Å². The van der Waals surface area contributed by atoms with Gasteiger partial charge in [0.2, 0.25) is 0 Å². The SMILES string of the molecule is N#Cc1cc(C(F)(F)F)ccc1Nc1cccc(Cl)c1Br. The molecule has 0 saturated heterocycles. The molecule has 0 aliphatic carbocycles. The van der Waals surface area contributed by atoms with E-state index in [1.807, 2.05) is 0 Å². The second kappa shape index (κ2) is 5.96. The number of rotatable bonds is 2. The molecule has 0 aliphatic rings. The Morgan fingerprint density at radius 1 is 1.14 bits per heavy atom. The maximum atomic E-state index is 12.6. The molecule has 0 atom stereocenters. The largest absolute Gasteiger partial charge is 0.416 e. The van der Waals surface area contributed by atoms with Crippen molar-refractivity contribution in [3.05, 3.63) is 57.0 Å². The molecule has 1 N–H and O–H groups in total. The molecule has 0 fully saturated rings. The third-order valence-electron chi connectivity index (χ3n) is 2.69. The van der Waals surface area contributed by atoms with Crippen molar-refractivity contribution >= 4 is 38.9 Å². The van der Waals surface area contributed by atoms with Crippen LogP contribution in [0.1, 0.15) is 11.1 Å². The highest BCUT2D eigenvalue weighted by atomic mass is 79.9. The molecule has 0 aromatic heterocycles. The third-order valence-corrected chi connectivity index (χ3v) is 4.09. The Bertz CT molecular complexity index is 723. The number of nitrogens with zero attached hydrogens (tertiary/aromatic N) is 1. The molecule has 0 aliphatic heterocycles. The quantitative estimate of drug-likeness (QED) is 0.727. The van der Waals surface area contributed by atoms with E-state index >= 15 is 0 Å². The standard InChI is InChI=1S/C14H7BrClF3N2/c15-13-10(16)2-1-3-12(13)21-11-5-4-9(14(17,18)19)6-8(11)7-20/h1-6,21H. The zero-order chi connectivity index (χ0) is 15.6. The van der Waals surface area contributed by atoms with Crippen LogP contribution in [0.5, 0.6) is 0 Å². The summed E-state index contributed by atoms with van der Waals surface area (Å²) in [5.41, 5.74) is -0.140. The molecule has 0 unspecified atom stereocenters. The zero-order valence-corrected chi connectivity index (χ0v) is 12.6. The first kappa shape index (κ1) is 15.7. The number of benzene rings is 2. The zero-order valence-electron chi connectivity index (χ0n) is 10.3. The highest BCUT2D eigenvalue weighted by molar-refractivity contribution is 9.10. The van der Waals surface area contributed by atoms with Gasteiger partial charge in [-0.1, -0.05) is 17.7 Å². The van der Waals surface area contributed by atoms with Crippen molar-refractivity contribution < 1.29 is 13.2 Å². The van der Waals surface area contributed by atoms with Crippen LogP contribution >= 0.6 is 27.5 Å². The van der Waals surface area contributed by atoms with E-state index in [1.54, 1.807) is 24.3 Å². The highest BCUT2D eigenvalue weighted by Crippen LogP contribution is 2.35. The number of nitriles is 1. The lowest BCUT2D eigenvalue weighted by molar-refractivity contribution is -0.137. The smallest absolute Gasteiger partial charge is 0.353 e. The molecule has 0 heterocycles. The number of alkyl halides is 3. The molecule has 0 bridgehead atoms. The molecule has 108 valence electrons. The molecule has 0 radical (unpaired) electrons. The van der Waals surface area contributed by atoms with Crippen LogP contribution in [0.2, 0.25) is 5.02 Å². The number of hydrogen-bond donors (Lipinski definition) is 1. The second-order valence-electron chi connectivity index (χ2n) is 4.10. The van der Waals surface area contributed by atoms with Crippen molar-refractivity contribution in [2.24, 2.45) is 0 Å². The fraction of sp³-hybridized carbons (Fsp3) is 0.0714. The minimum Gasteiger partial charge on any atom is -0.353 e. The summed E-state index contributed by atoms with van der Waals surface area (Å²) in [5.74, 6) is 0. The van der Waals surface area contributed by atoms with E-state index in [-0.39, 0.29) is 11.3 Å². The summed E-state index contributed by atoms with van der Waals surface area (Å²) in [5, 5.41) is 12.4. The third kappa shape index (κ3) is 3.49. The van der Waals surface area contributed by atoms with Crippen LogP contribution < -0.4 is 5.32 Å². The predicted octanol–water partition coefficient (Wildman–Crippen LogP) is 5.74. The fourth-order valence-corrected chi connectivity index (χ4v) is 2.21. The van der Waals surface area contributed by atoms with Crippen molar-refractivity contribution in [3.8, 4) is 6.07 Å². The number of hydrogen-bond acceptors (Lipinski definition) is 2. The molecular formula is C14H7BrClF3N2. The lowest BCUT2D eigenvalue weighted by Gasteiger charge is -2.13. The van der Waals surface area contributed by atoms with Crippen LogP contribution in [0.15, 0.2) is 40.9 Å². The monoisotopic (exact) mass is 374 g/mol. The summed E-state index contributed by atoms with van der Waals surface area (Å²) in [6.45, 7) is 0. The van der Waals surface area contributed by atoms with Gasteiger partial charge in [0.15, 0.2) is 0 Å². The van der Waals surface area contributed by atoms with Crippen LogP contribution in [0, 0.1) is 11.3 Å². The lowest BCUT2D eigenvalue weighted by Crippen LogP contribution is -2.06. The van der Waals surface area contributed by atoms with E-state index in [2.05, 4.69) is 21.2 Å². The average molecular weight is 376 g/mol. The Balaban J connectivity index is 2.42. The maximum Gasteiger partial charge on any atom is 0.416 e. The molecule has 2 aromatic rings. The van der Waals surface area contributed by atoms with Crippen LogP contribution in [0.3, 0.4) is 0 Å². The summed E-state index contributed by atoms with van der Waals surface area (Å²) in [6, 6.07) is 9.73. The Labute approximate surface area is 132 Å². The topological polar surface area (TPSA) is 35.8 Å². The number of halogens is 5. The van der Waals surface area contributed by atoms with Crippen molar-refractivity contribution in [1.29, 1.82) is 5.26 Å².